The summed E-state index contributed by atoms with van der Waals surface area (Å²) in [5, 5.41) is 18.9. The second-order valence-electron chi connectivity index (χ2n) is 5.97. The van der Waals surface area contributed by atoms with E-state index in [1.165, 1.54) is 24.3 Å². The van der Waals surface area contributed by atoms with E-state index in [0.29, 0.717) is 23.7 Å². The molecule has 0 saturated heterocycles. The zero-order valence-electron chi connectivity index (χ0n) is 15.8. The van der Waals surface area contributed by atoms with E-state index in [1.807, 2.05) is 19.1 Å². The van der Waals surface area contributed by atoms with Gasteiger partial charge in [0, 0.05) is 17.7 Å². The first kappa shape index (κ1) is 20.3. The molecule has 0 aliphatic heterocycles. The fourth-order valence-corrected chi connectivity index (χ4v) is 2.68. The van der Waals surface area contributed by atoms with Gasteiger partial charge in [0.2, 0.25) is 5.89 Å². The second-order valence-corrected chi connectivity index (χ2v) is 6.37. The number of nitro groups is 1. The third-order valence-corrected chi connectivity index (χ3v) is 4.17. The van der Waals surface area contributed by atoms with E-state index in [0.717, 1.165) is 12.0 Å². The molecule has 9 heteroatoms. The SMILES string of the molecule is CCCOc1cc(/C=C(\Cl)c2nnc(-c3ccc([N+](=O)[O-])cc3)o2)ccc1OC. The molecule has 2 aromatic carbocycles. The summed E-state index contributed by atoms with van der Waals surface area (Å²) in [6, 6.07) is 11.2. The molecule has 29 heavy (non-hydrogen) atoms. The van der Waals surface area contributed by atoms with Gasteiger partial charge in [-0.1, -0.05) is 24.6 Å². The van der Waals surface area contributed by atoms with Crippen LogP contribution < -0.4 is 9.47 Å². The molecule has 1 heterocycles. The van der Waals surface area contributed by atoms with Gasteiger partial charge in [0.25, 0.3) is 11.6 Å². The lowest BCUT2D eigenvalue weighted by atomic mass is 10.2. The van der Waals surface area contributed by atoms with Gasteiger partial charge < -0.3 is 13.9 Å². The summed E-state index contributed by atoms with van der Waals surface area (Å²) in [7, 11) is 1.58. The molecular formula is C20H18ClN3O5. The average molecular weight is 416 g/mol. The molecule has 1 aromatic heterocycles. The summed E-state index contributed by atoms with van der Waals surface area (Å²) in [6.07, 6.45) is 2.55. The Morgan fingerprint density at radius 1 is 1.21 bits per heavy atom. The molecule has 0 atom stereocenters. The van der Waals surface area contributed by atoms with Gasteiger partial charge in [0.1, 0.15) is 5.03 Å². The van der Waals surface area contributed by atoms with Gasteiger partial charge >= 0.3 is 0 Å². The molecule has 0 amide bonds. The van der Waals surface area contributed by atoms with E-state index < -0.39 is 4.92 Å². The van der Waals surface area contributed by atoms with Crippen molar-refractivity contribution in [3.8, 4) is 23.0 Å². The van der Waals surface area contributed by atoms with Crippen LogP contribution in [0.1, 0.15) is 24.8 Å². The van der Waals surface area contributed by atoms with Gasteiger partial charge in [-0.15, -0.1) is 10.2 Å². The Balaban J connectivity index is 1.82. The Labute approximate surface area is 171 Å². The minimum absolute atomic E-state index is 0.0213. The van der Waals surface area contributed by atoms with Crippen LogP contribution in [-0.4, -0.2) is 28.8 Å². The Hall–Kier alpha value is -3.39. The Morgan fingerprint density at radius 2 is 1.97 bits per heavy atom. The van der Waals surface area contributed by atoms with Crippen LogP contribution in [0.25, 0.3) is 22.6 Å². The third-order valence-electron chi connectivity index (χ3n) is 3.90. The van der Waals surface area contributed by atoms with Crippen molar-refractivity contribution in [2.75, 3.05) is 13.7 Å². The zero-order chi connectivity index (χ0) is 20.8. The summed E-state index contributed by atoms with van der Waals surface area (Å²) in [5.41, 5.74) is 1.31. The first-order chi connectivity index (χ1) is 14.0. The van der Waals surface area contributed by atoms with Crippen molar-refractivity contribution in [2.24, 2.45) is 0 Å². The predicted octanol–water partition coefficient (Wildman–Crippen LogP) is 5.18. The molecule has 0 unspecified atom stereocenters. The molecule has 0 aliphatic carbocycles. The molecule has 0 bridgehead atoms. The van der Waals surface area contributed by atoms with Crippen molar-refractivity contribution in [1.82, 2.24) is 10.2 Å². The second kappa shape index (κ2) is 9.20. The van der Waals surface area contributed by atoms with Crippen LogP contribution in [0.15, 0.2) is 46.9 Å². The number of hydrogen-bond acceptors (Lipinski definition) is 7. The molecule has 8 nitrogen and oxygen atoms in total. The minimum Gasteiger partial charge on any atom is -0.493 e. The molecule has 0 fully saturated rings. The maximum absolute atomic E-state index is 10.8. The summed E-state index contributed by atoms with van der Waals surface area (Å²) in [5.74, 6) is 1.59. The number of hydrogen-bond donors (Lipinski definition) is 0. The van der Waals surface area contributed by atoms with Gasteiger partial charge in [-0.05, 0) is 42.3 Å². The van der Waals surface area contributed by atoms with Gasteiger partial charge in [-0.2, -0.15) is 0 Å². The normalized spacial score (nSPS) is 11.3. The van der Waals surface area contributed by atoms with Crippen LogP contribution in [0.2, 0.25) is 0 Å². The highest BCUT2D eigenvalue weighted by Gasteiger charge is 2.14. The average Bonchev–Trinajstić information content (AvgIpc) is 3.23. The van der Waals surface area contributed by atoms with Gasteiger partial charge in [-0.3, -0.25) is 10.1 Å². The van der Waals surface area contributed by atoms with Crippen molar-refractivity contribution >= 4 is 28.4 Å². The first-order valence-electron chi connectivity index (χ1n) is 8.78. The number of ether oxygens (including phenoxy) is 2. The number of methoxy groups -OCH3 is 1. The quantitative estimate of drug-likeness (QED) is 0.369. The fraction of sp³-hybridized carbons (Fsp3) is 0.200. The van der Waals surface area contributed by atoms with E-state index >= 15 is 0 Å². The number of benzene rings is 2. The highest BCUT2D eigenvalue weighted by atomic mass is 35.5. The third kappa shape index (κ3) is 4.91. The highest BCUT2D eigenvalue weighted by molar-refractivity contribution is 6.50. The lowest BCUT2D eigenvalue weighted by molar-refractivity contribution is -0.384. The van der Waals surface area contributed by atoms with Crippen LogP contribution in [0, 0.1) is 10.1 Å². The molecule has 0 aliphatic rings. The molecular weight excluding hydrogens is 398 g/mol. The monoisotopic (exact) mass is 415 g/mol. The highest BCUT2D eigenvalue weighted by Crippen LogP contribution is 2.31. The van der Waals surface area contributed by atoms with Crippen LogP contribution in [-0.2, 0) is 0 Å². The van der Waals surface area contributed by atoms with E-state index in [4.69, 9.17) is 25.5 Å². The van der Waals surface area contributed by atoms with Crippen molar-refractivity contribution < 1.29 is 18.8 Å². The number of rotatable bonds is 8. The van der Waals surface area contributed by atoms with Crippen LogP contribution in [0.3, 0.4) is 0 Å². The number of nitro benzene ring substituents is 1. The lowest BCUT2D eigenvalue weighted by Gasteiger charge is -2.10. The van der Waals surface area contributed by atoms with Crippen molar-refractivity contribution in [2.45, 2.75) is 13.3 Å². The minimum atomic E-state index is -0.476. The molecule has 3 aromatic rings. The lowest BCUT2D eigenvalue weighted by Crippen LogP contribution is -1.98. The summed E-state index contributed by atoms with van der Waals surface area (Å²) >= 11 is 6.34. The Kier molecular flexibility index (Phi) is 6.46. The number of halogens is 1. The number of nitrogens with zero attached hydrogens (tertiary/aromatic N) is 3. The van der Waals surface area contributed by atoms with E-state index in [9.17, 15) is 10.1 Å². The largest absolute Gasteiger partial charge is 0.493 e. The smallest absolute Gasteiger partial charge is 0.269 e. The Morgan fingerprint density at radius 3 is 2.62 bits per heavy atom. The molecule has 3 rings (SSSR count). The van der Waals surface area contributed by atoms with Gasteiger partial charge in [-0.25, -0.2) is 0 Å². The van der Waals surface area contributed by atoms with Crippen LogP contribution in [0.4, 0.5) is 5.69 Å². The standard InChI is InChI=1S/C20H18ClN3O5/c1-3-10-28-18-12-13(4-9-17(18)27-2)11-16(21)20-23-22-19(29-20)14-5-7-15(8-6-14)24(25)26/h4-9,11-12H,3,10H2,1-2H3/b16-11-. The zero-order valence-corrected chi connectivity index (χ0v) is 16.5. The maximum Gasteiger partial charge on any atom is 0.269 e. The van der Waals surface area contributed by atoms with Crippen molar-refractivity contribution in [1.29, 1.82) is 0 Å². The molecule has 0 N–H and O–H groups in total. The van der Waals surface area contributed by atoms with Crippen molar-refractivity contribution in [3.63, 3.8) is 0 Å². The first-order valence-corrected chi connectivity index (χ1v) is 9.16. The number of non-ortho nitro benzene ring substituents is 1. The molecule has 0 spiro atoms. The summed E-state index contributed by atoms with van der Waals surface area (Å²) < 4.78 is 16.6. The van der Waals surface area contributed by atoms with E-state index in [-0.39, 0.29) is 22.5 Å². The topological polar surface area (TPSA) is 101 Å². The van der Waals surface area contributed by atoms with E-state index in [2.05, 4.69) is 10.2 Å². The van der Waals surface area contributed by atoms with Crippen molar-refractivity contribution in [3.05, 3.63) is 64.0 Å². The number of aromatic nitrogens is 2. The summed E-state index contributed by atoms with van der Waals surface area (Å²) in [6.45, 7) is 2.59. The maximum atomic E-state index is 10.8. The van der Waals surface area contributed by atoms with Gasteiger partial charge in [0.05, 0.1) is 18.6 Å². The predicted molar refractivity (Wildman–Crippen MR) is 109 cm³/mol. The van der Waals surface area contributed by atoms with E-state index in [1.54, 1.807) is 19.3 Å². The van der Waals surface area contributed by atoms with Gasteiger partial charge in [0.15, 0.2) is 11.5 Å². The fourth-order valence-electron chi connectivity index (χ4n) is 2.48. The molecule has 150 valence electrons. The Bertz CT molecular complexity index is 1030. The molecule has 0 radical (unpaired) electrons. The van der Waals surface area contributed by atoms with Crippen LogP contribution in [0.5, 0.6) is 11.5 Å². The summed E-state index contributed by atoms with van der Waals surface area (Å²) in [4.78, 5) is 10.3. The molecule has 0 saturated carbocycles. The van der Waals surface area contributed by atoms with Crippen LogP contribution >= 0.6 is 11.6 Å².